The summed E-state index contributed by atoms with van der Waals surface area (Å²) >= 11 is 0. The van der Waals surface area contributed by atoms with Crippen LogP contribution in [0.25, 0.3) is 0 Å². The maximum absolute atomic E-state index is 11.1. The van der Waals surface area contributed by atoms with E-state index >= 15 is 0 Å². The third-order valence-electron chi connectivity index (χ3n) is 2.23. The molecular weight excluding hydrogens is 224 g/mol. The summed E-state index contributed by atoms with van der Waals surface area (Å²) in [6, 6.07) is 8.38. The van der Waals surface area contributed by atoms with Crippen LogP contribution in [0, 0.1) is 6.92 Å². The normalized spacial score (nSPS) is 9.33. The van der Waals surface area contributed by atoms with Crippen LogP contribution in [0.15, 0.2) is 24.3 Å². The number of carbonyl (C=O) groups excluding carboxylic acids is 1. The van der Waals surface area contributed by atoms with Crippen molar-refractivity contribution < 1.29 is 9.53 Å². The van der Waals surface area contributed by atoms with Gasteiger partial charge in [-0.1, -0.05) is 50.1 Å². The molecule has 0 atom stereocenters. The molecule has 0 spiro atoms. The van der Waals surface area contributed by atoms with Gasteiger partial charge in [0.2, 0.25) is 0 Å². The fourth-order valence-corrected chi connectivity index (χ4v) is 1.54. The molecule has 0 aliphatic carbocycles. The van der Waals surface area contributed by atoms with E-state index in [0.29, 0.717) is 13.0 Å². The van der Waals surface area contributed by atoms with Crippen molar-refractivity contribution in [3.05, 3.63) is 35.4 Å². The predicted molar refractivity (Wildman–Crippen MR) is 76.7 cm³/mol. The Morgan fingerprint density at radius 3 is 2.44 bits per heavy atom. The number of aryl methyl sites for hydroxylation is 2. The molecule has 1 aromatic rings. The zero-order valence-corrected chi connectivity index (χ0v) is 12.2. The van der Waals surface area contributed by atoms with Crippen molar-refractivity contribution in [1.82, 2.24) is 0 Å². The second kappa shape index (κ2) is 10.8. The summed E-state index contributed by atoms with van der Waals surface area (Å²) in [7, 11) is 0. The van der Waals surface area contributed by atoms with Crippen LogP contribution in [0.5, 0.6) is 0 Å². The Morgan fingerprint density at radius 2 is 1.89 bits per heavy atom. The van der Waals surface area contributed by atoms with E-state index in [1.54, 1.807) is 0 Å². The smallest absolute Gasteiger partial charge is 0.305 e. The molecular formula is C16H26O2. The van der Waals surface area contributed by atoms with Gasteiger partial charge in [-0.25, -0.2) is 0 Å². The summed E-state index contributed by atoms with van der Waals surface area (Å²) in [5, 5.41) is 0. The van der Waals surface area contributed by atoms with Gasteiger partial charge in [0.15, 0.2) is 0 Å². The fraction of sp³-hybridized carbons (Fsp3) is 0.562. The zero-order chi connectivity index (χ0) is 13.8. The number of hydrogen-bond acceptors (Lipinski definition) is 2. The second-order valence-corrected chi connectivity index (χ2v) is 4.35. The van der Waals surface area contributed by atoms with Crippen LogP contribution in [-0.2, 0) is 16.0 Å². The average molecular weight is 250 g/mol. The molecule has 0 fully saturated rings. The number of carbonyl (C=O) groups is 1. The third kappa shape index (κ3) is 8.80. The first kappa shape index (κ1) is 16.7. The summed E-state index contributed by atoms with van der Waals surface area (Å²) < 4.78 is 4.86. The Balaban J connectivity index is 0.000000873. The summed E-state index contributed by atoms with van der Waals surface area (Å²) in [6.45, 7) is 8.64. The molecule has 0 aliphatic rings. The Hall–Kier alpha value is -1.31. The first-order valence-electron chi connectivity index (χ1n) is 6.85. The van der Waals surface area contributed by atoms with Crippen molar-refractivity contribution >= 4 is 5.97 Å². The quantitative estimate of drug-likeness (QED) is 0.728. The van der Waals surface area contributed by atoms with Gasteiger partial charge in [0.1, 0.15) is 0 Å². The maximum Gasteiger partial charge on any atom is 0.305 e. The van der Waals surface area contributed by atoms with Gasteiger partial charge in [0.05, 0.1) is 6.61 Å². The molecule has 0 aliphatic heterocycles. The Labute approximate surface area is 111 Å². The van der Waals surface area contributed by atoms with Gasteiger partial charge in [-0.05, 0) is 32.3 Å². The second-order valence-electron chi connectivity index (χ2n) is 4.35. The third-order valence-corrected chi connectivity index (χ3v) is 2.23. The van der Waals surface area contributed by atoms with Crippen LogP contribution >= 0.6 is 0 Å². The van der Waals surface area contributed by atoms with Crippen LogP contribution in [0.3, 0.4) is 0 Å². The standard InChI is InChI=1S/C13H18O2.C3H8/c1-3-15-13(14)9-5-8-12-7-4-6-11(2)10-12;1-3-2/h4,6-7,10H,3,5,8-9H2,1-2H3;3H2,1-2H3. The largest absolute Gasteiger partial charge is 0.466 e. The van der Waals surface area contributed by atoms with Gasteiger partial charge in [0, 0.05) is 6.42 Å². The SMILES string of the molecule is CCC.CCOC(=O)CCCc1cccc(C)c1. The highest BCUT2D eigenvalue weighted by molar-refractivity contribution is 5.69. The number of esters is 1. The van der Waals surface area contributed by atoms with Crippen molar-refractivity contribution in [3.8, 4) is 0 Å². The van der Waals surface area contributed by atoms with E-state index in [-0.39, 0.29) is 5.97 Å². The zero-order valence-electron chi connectivity index (χ0n) is 12.2. The summed E-state index contributed by atoms with van der Waals surface area (Å²) in [6.07, 6.45) is 3.57. The number of ether oxygens (including phenoxy) is 1. The van der Waals surface area contributed by atoms with E-state index < -0.39 is 0 Å². The van der Waals surface area contributed by atoms with Crippen LogP contribution in [-0.4, -0.2) is 12.6 Å². The molecule has 0 unspecified atom stereocenters. The minimum absolute atomic E-state index is 0.0925. The highest BCUT2D eigenvalue weighted by atomic mass is 16.5. The van der Waals surface area contributed by atoms with E-state index in [1.807, 2.05) is 6.92 Å². The average Bonchev–Trinajstić information content (AvgIpc) is 2.30. The molecule has 18 heavy (non-hydrogen) atoms. The molecule has 0 bridgehead atoms. The van der Waals surface area contributed by atoms with Gasteiger partial charge >= 0.3 is 5.97 Å². The summed E-state index contributed by atoms with van der Waals surface area (Å²) in [5.74, 6) is -0.0925. The van der Waals surface area contributed by atoms with Crippen molar-refractivity contribution in [2.45, 2.75) is 53.4 Å². The van der Waals surface area contributed by atoms with E-state index in [2.05, 4.69) is 45.0 Å². The topological polar surface area (TPSA) is 26.3 Å². The lowest BCUT2D eigenvalue weighted by Crippen LogP contribution is -2.03. The molecule has 0 saturated heterocycles. The van der Waals surface area contributed by atoms with Gasteiger partial charge in [-0.3, -0.25) is 4.79 Å². The molecule has 1 rings (SSSR count). The lowest BCUT2D eigenvalue weighted by Gasteiger charge is -2.03. The Kier molecular flexibility index (Phi) is 10.0. The highest BCUT2D eigenvalue weighted by Gasteiger charge is 2.01. The van der Waals surface area contributed by atoms with Crippen molar-refractivity contribution in [1.29, 1.82) is 0 Å². The van der Waals surface area contributed by atoms with Crippen molar-refractivity contribution in [3.63, 3.8) is 0 Å². The lowest BCUT2D eigenvalue weighted by molar-refractivity contribution is -0.143. The molecule has 1 aromatic carbocycles. The van der Waals surface area contributed by atoms with Gasteiger partial charge < -0.3 is 4.74 Å². The minimum Gasteiger partial charge on any atom is -0.466 e. The number of rotatable bonds is 5. The predicted octanol–water partition coefficient (Wildman–Crippen LogP) is 4.30. The fourth-order valence-electron chi connectivity index (χ4n) is 1.54. The van der Waals surface area contributed by atoms with Crippen LogP contribution in [0.1, 0.15) is 51.2 Å². The first-order valence-corrected chi connectivity index (χ1v) is 6.85. The Morgan fingerprint density at radius 1 is 1.22 bits per heavy atom. The van der Waals surface area contributed by atoms with Gasteiger partial charge in [-0.15, -0.1) is 0 Å². The lowest BCUT2D eigenvalue weighted by atomic mass is 10.1. The summed E-state index contributed by atoms with van der Waals surface area (Å²) in [5.41, 5.74) is 2.56. The monoisotopic (exact) mass is 250 g/mol. The molecule has 0 N–H and O–H groups in total. The first-order chi connectivity index (χ1) is 8.63. The van der Waals surface area contributed by atoms with Gasteiger partial charge in [0.25, 0.3) is 0 Å². The maximum atomic E-state index is 11.1. The van der Waals surface area contributed by atoms with Gasteiger partial charge in [-0.2, -0.15) is 0 Å². The van der Waals surface area contributed by atoms with Crippen LogP contribution in [0.2, 0.25) is 0 Å². The molecule has 102 valence electrons. The molecule has 0 aromatic heterocycles. The van der Waals surface area contributed by atoms with Crippen molar-refractivity contribution in [2.24, 2.45) is 0 Å². The van der Waals surface area contributed by atoms with Crippen LogP contribution in [0.4, 0.5) is 0 Å². The molecule has 0 radical (unpaired) electrons. The summed E-state index contributed by atoms with van der Waals surface area (Å²) in [4.78, 5) is 11.1. The number of benzene rings is 1. The van der Waals surface area contributed by atoms with E-state index in [0.717, 1.165) is 12.8 Å². The van der Waals surface area contributed by atoms with E-state index in [1.165, 1.54) is 17.5 Å². The Bertz CT molecular complexity index is 332. The highest BCUT2D eigenvalue weighted by Crippen LogP contribution is 2.08. The van der Waals surface area contributed by atoms with Crippen molar-refractivity contribution in [2.75, 3.05) is 6.61 Å². The molecule has 0 heterocycles. The molecule has 0 saturated carbocycles. The van der Waals surface area contributed by atoms with Crippen LogP contribution < -0.4 is 0 Å². The number of hydrogen-bond donors (Lipinski definition) is 0. The van der Waals surface area contributed by atoms with E-state index in [9.17, 15) is 4.79 Å². The molecule has 0 amide bonds. The molecule has 2 heteroatoms. The van der Waals surface area contributed by atoms with E-state index in [4.69, 9.17) is 4.74 Å². The minimum atomic E-state index is -0.0925. The molecule has 2 nitrogen and oxygen atoms in total.